The molecule has 0 bridgehead atoms. The van der Waals surface area contributed by atoms with Crippen LogP contribution in [0.25, 0.3) is 0 Å². The van der Waals surface area contributed by atoms with E-state index >= 15 is 0 Å². The van der Waals surface area contributed by atoms with Crippen LogP contribution in [0.4, 0.5) is 0 Å². The monoisotopic (exact) mass is 348 g/mol. The fourth-order valence-electron chi connectivity index (χ4n) is 4.04. The smallest absolute Gasteiger partial charge is 0.314 e. The molecule has 0 aliphatic carbocycles. The Morgan fingerprint density at radius 1 is 1.36 bits per heavy atom. The van der Waals surface area contributed by atoms with Crippen molar-refractivity contribution in [1.29, 1.82) is 0 Å². The van der Waals surface area contributed by atoms with E-state index in [2.05, 4.69) is 5.10 Å². The third-order valence-electron chi connectivity index (χ3n) is 5.25. The first-order valence-corrected chi connectivity index (χ1v) is 8.70. The van der Waals surface area contributed by atoms with Gasteiger partial charge in [-0.3, -0.25) is 19.1 Å². The molecule has 0 radical (unpaired) electrons. The maximum absolute atomic E-state index is 12.9. The number of likely N-dealkylation sites (tertiary alicyclic amines) is 2. The molecule has 2 aliphatic rings. The minimum Gasteiger partial charge on any atom is -0.481 e. The summed E-state index contributed by atoms with van der Waals surface area (Å²) in [6.07, 6.45) is 0.783. The molecule has 3 rings (SSSR count). The zero-order chi connectivity index (χ0) is 18.4. The highest BCUT2D eigenvalue weighted by molar-refractivity contribution is 5.97. The Kier molecular flexibility index (Phi) is 4.30. The van der Waals surface area contributed by atoms with Crippen molar-refractivity contribution in [3.05, 3.63) is 17.5 Å². The van der Waals surface area contributed by atoms with E-state index in [1.54, 1.807) is 15.6 Å². The molecule has 25 heavy (non-hydrogen) atoms. The first kappa shape index (κ1) is 17.4. The van der Waals surface area contributed by atoms with Crippen LogP contribution in [0.2, 0.25) is 0 Å². The summed E-state index contributed by atoms with van der Waals surface area (Å²) in [5, 5.41) is 14.1. The van der Waals surface area contributed by atoms with Crippen molar-refractivity contribution in [3.63, 3.8) is 0 Å². The predicted octanol–water partition coefficient (Wildman–Crippen LogP) is 0.607. The summed E-state index contributed by atoms with van der Waals surface area (Å²) in [5.74, 6) is -2.08. The Bertz CT molecular complexity index is 728. The summed E-state index contributed by atoms with van der Waals surface area (Å²) in [6.45, 7) is 7.16. The van der Waals surface area contributed by atoms with Gasteiger partial charge in [0.25, 0.3) is 5.91 Å². The number of carbonyl (C=O) groups excluding carboxylic acids is 2. The van der Waals surface area contributed by atoms with Crippen molar-refractivity contribution in [2.75, 3.05) is 26.2 Å². The standard InChI is InChI=1S/C17H24N4O4/c1-4-6-19-9-17(16(24)25)10-20(8-12(17)14(19)22)15(23)13-7-11(3)18-21(13)5-2/h7,12H,4-6,8-10H2,1-3H3,(H,24,25)/t12-,17+/m1/s1. The minimum absolute atomic E-state index is 0.0612. The zero-order valence-electron chi connectivity index (χ0n) is 14.9. The van der Waals surface area contributed by atoms with Crippen LogP contribution in [0.1, 0.15) is 36.5 Å². The number of nitrogens with zero attached hydrogens (tertiary/aromatic N) is 4. The number of amides is 2. The lowest BCUT2D eigenvalue weighted by molar-refractivity contribution is -0.149. The number of carboxylic acid groups (broad SMARTS) is 1. The fourth-order valence-corrected chi connectivity index (χ4v) is 4.04. The van der Waals surface area contributed by atoms with Crippen LogP contribution in [-0.2, 0) is 16.1 Å². The number of carboxylic acids is 1. The minimum atomic E-state index is -1.20. The van der Waals surface area contributed by atoms with Crippen LogP contribution in [0.5, 0.6) is 0 Å². The number of aromatic nitrogens is 2. The number of aryl methyl sites for hydroxylation is 2. The second kappa shape index (κ2) is 6.16. The fraction of sp³-hybridized carbons (Fsp3) is 0.647. The molecule has 2 fully saturated rings. The Hall–Kier alpha value is -2.38. The molecule has 8 nitrogen and oxygen atoms in total. The van der Waals surface area contributed by atoms with Crippen LogP contribution < -0.4 is 0 Å². The lowest BCUT2D eigenvalue weighted by Gasteiger charge is -2.25. The summed E-state index contributed by atoms with van der Waals surface area (Å²) in [6, 6.07) is 1.71. The molecule has 0 saturated carbocycles. The molecule has 2 amide bonds. The summed E-state index contributed by atoms with van der Waals surface area (Å²) >= 11 is 0. The van der Waals surface area contributed by atoms with Gasteiger partial charge in [-0.15, -0.1) is 0 Å². The van der Waals surface area contributed by atoms with Crippen LogP contribution in [-0.4, -0.2) is 68.6 Å². The van der Waals surface area contributed by atoms with Crippen molar-refractivity contribution < 1.29 is 19.5 Å². The number of carbonyl (C=O) groups is 3. The molecule has 3 heterocycles. The number of hydrogen-bond donors (Lipinski definition) is 1. The largest absolute Gasteiger partial charge is 0.481 e. The van der Waals surface area contributed by atoms with Gasteiger partial charge in [-0.2, -0.15) is 5.10 Å². The molecule has 136 valence electrons. The molecule has 0 unspecified atom stereocenters. The highest BCUT2D eigenvalue weighted by Gasteiger charge is 2.62. The van der Waals surface area contributed by atoms with Gasteiger partial charge >= 0.3 is 5.97 Å². The summed E-state index contributed by atoms with van der Waals surface area (Å²) in [5.41, 5.74) is -0.0188. The number of fused-ring (bicyclic) bond motifs is 1. The van der Waals surface area contributed by atoms with E-state index in [0.29, 0.717) is 18.8 Å². The molecule has 0 spiro atoms. The quantitative estimate of drug-likeness (QED) is 0.841. The summed E-state index contributed by atoms with van der Waals surface area (Å²) in [7, 11) is 0. The molecule has 8 heteroatoms. The second-order valence-corrected chi connectivity index (χ2v) is 6.95. The Morgan fingerprint density at radius 3 is 2.64 bits per heavy atom. The van der Waals surface area contributed by atoms with Crippen molar-refractivity contribution in [2.24, 2.45) is 11.3 Å². The third kappa shape index (κ3) is 2.60. The molecule has 2 saturated heterocycles. The molecule has 1 aromatic heterocycles. The van der Waals surface area contributed by atoms with Gasteiger partial charge in [0.2, 0.25) is 5.91 Å². The normalized spacial score (nSPS) is 25.6. The van der Waals surface area contributed by atoms with Crippen molar-refractivity contribution in [1.82, 2.24) is 19.6 Å². The Balaban J connectivity index is 1.88. The summed E-state index contributed by atoms with van der Waals surface area (Å²) in [4.78, 5) is 40.6. The molecule has 2 atom stereocenters. The molecular formula is C17H24N4O4. The Morgan fingerprint density at radius 2 is 2.08 bits per heavy atom. The van der Waals surface area contributed by atoms with E-state index in [4.69, 9.17) is 0 Å². The average Bonchev–Trinajstić information content (AvgIpc) is 3.20. The second-order valence-electron chi connectivity index (χ2n) is 6.95. The van der Waals surface area contributed by atoms with E-state index in [1.807, 2.05) is 20.8 Å². The Labute approximate surface area is 146 Å². The SMILES string of the molecule is CCCN1C[C@]2(C(=O)O)CN(C(=O)c3cc(C)nn3CC)C[C@@H]2C1=O. The molecule has 2 aliphatic heterocycles. The predicted molar refractivity (Wildman–Crippen MR) is 89.0 cm³/mol. The molecule has 0 aromatic carbocycles. The van der Waals surface area contributed by atoms with E-state index < -0.39 is 17.3 Å². The lowest BCUT2D eigenvalue weighted by atomic mass is 9.81. The topological polar surface area (TPSA) is 95.7 Å². The van der Waals surface area contributed by atoms with E-state index in [0.717, 1.165) is 12.1 Å². The zero-order valence-corrected chi connectivity index (χ0v) is 14.9. The average molecular weight is 348 g/mol. The van der Waals surface area contributed by atoms with Gasteiger partial charge in [-0.1, -0.05) is 6.92 Å². The first-order valence-electron chi connectivity index (χ1n) is 8.70. The van der Waals surface area contributed by atoms with Crippen LogP contribution in [0, 0.1) is 18.3 Å². The van der Waals surface area contributed by atoms with Crippen molar-refractivity contribution in [3.8, 4) is 0 Å². The van der Waals surface area contributed by atoms with Gasteiger partial charge in [-0.25, -0.2) is 0 Å². The van der Waals surface area contributed by atoms with Gasteiger partial charge < -0.3 is 14.9 Å². The number of hydrogen-bond acceptors (Lipinski definition) is 4. The maximum atomic E-state index is 12.9. The first-order chi connectivity index (χ1) is 11.8. The highest BCUT2D eigenvalue weighted by atomic mass is 16.4. The van der Waals surface area contributed by atoms with Crippen LogP contribution >= 0.6 is 0 Å². The number of aliphatic carboxylic acids is 1. The van der Waals surface area contributed by atoms with E-state index in [-0.39, 0.29) is 31.4 Å². The van der Waals surface area contributed by atoms with Crippen molar-refractivity contribution >= 4 is 17.8 Å². The van der Waals surface area contributed by atoms with Gasteiger partial charge in [0.1, 0.15) is 11.1 Å². The number of rotatable bonds is 5. The van der Waals surface area contributed by atoms with Crippen LogP contribution in [0.15, 0.2) is 6.07 Å². The van der Waals surface area contributed by atoms with Gasteiger partial charge in [0.05, 0.1) is 11.6 Å². The van der Waals surface area contributed by atoms with Crippen molar-refractivity contribution in [2.45, 2.75) is 33.7 Å². The van der Waals surface area contributed by atoms with Gasteiger partial charge in [0, 0.05) is 32.7 Å². The van der Waals surface area contributed by atoms with E-state index in [9.17, 15) is 19.5 Å². The third-order valence-corrected chi connectivity index (χ3v) is 5.25. The van der Waals surface area contributed by atoms with Crippen LogP contribution in [0.3, 0.4) is 0 Å². The molecule has 1 aromatic rings. The van der Waals surface area contributed by atoms with Gasteiger partial charge in [0.15, 0.2) is 0 Å². The molecular weight excluding hydrogens is 324 g/mol. The summed E-state index contributed by atoms with van der Waals surface area (Å²) < 4.78 is 1.62. The van der Waals surface area contributed by atoms with Gasteiger partial charge in [-0.05, 0) is 26.3 Å². The molecule has 1 N–H and O–H groups in total. The maximum Gasteiger partial charge on any atom is 0.314 e. The highest BCUT2D eigenvalue weighted by Crippen LogP contribution is 2.44. The lowest BCUT2D eigenvalue weighted by Crippen LogP contribution is -2.42. The van der Waals surface area contributed by atoms with E-state index in [1.165, 1.54) is 4.90 Å².